The maximum Gasteiger partial charge on any atom is 0.122 e. The lowest BCUT2D eigenvalue weighted by Gasteiger charge is -2.24. The third-order valence-corrected chi connectivity index (χ3v) is 3.73. The van der Waals surface area contributed by atoms with Gasteiger partial charge in [0.25, 0.3) is 0 Å². The largest absolute Gasteiger partial charge is 0.379 e. The van der Waals surface area contributed by atoms with Gasteiger partial charge in [-0.05, 0) is 20.0 Å². The Balaban J connectivity index is 1.81. The lowest BCUT2D eigenvalue weighted by Crippen LogP contribution is -2.41. The molecule has 2 atom stereocenters. The van der Waals surface area contributed by atoms with E-state index >= 15 is 0 Å². The van der Waals surface area contributed by atoms with Gasteiger partial charge < -0.3 is 14.6 Å². The van der Waals surface area contributed by atoms with E-state index in [-0.39, 0.29) is 0 Å². The molecule has 0 aromatic carbocycles. The second-order valence-electron chi connectivity index (χ2n) is 5.51. The number of rotatable bonds is 7. The summed E-state index contributed by atoms with van der Waals surface area (Å²) in [5.41, 5.74) is 0. The van der Waals surface area contributed by atoms with Crippen LogP contribution in [0.2, 0.25) is 0 Å². The van der Waals surface area contributed by atoms with Crippen molar-refractivity contribution >= 4 is 0 Å². The van der Waals surface area contributed by atoms with Crippen LogP contribution in [0.1, 0.15) is 19.2 Å². The molecule has 2 heterocycles. The van der Waals surface area contributed by atoms with E-state index in [2.05, 4.69) is 33.7 Å². The molecule has 1 aromatic heterocycles. The molecule has 0 saturated carbocycles. The number of aryl methyl sites for hydroxylation is 1. The molecule has 0 spiro atoms. The summed E-state index contributed by atoms with van der Waals surface area (Å²) in [4.78, 5) is 6.71. The van der Waals surface area contributed by atoms with Gasteiger partial charge in [0.2, 0.25) is 0 Å². The molecule has 5 heteroatoms. The first-order valence-corrected chi connectivity index (χ1v) is 7.16. The molecule has 2 rings (SSSR count). The van der Waals surface area contributed by atoms with Gasteiger partial charge in [-0.1, -0.05) is 6.92 Å². The van der Waals surface area contributed by atoms with Crippen molar-refractivity contribution < 1.29 is 4.74 Å². The molecule has 108 valence electrons. The summed E-state index contributed by atoms with van der Waals surface area (Å²) in [6.07, 6.45) is 5.02. The van der Waals surface area contributed by atoms with Gasteiger partial charge >= 0.3 is 0 Å². The van der Waals surface area contributed by atoms with Crippen molar-refractivity contribution in [3.05, 3.63) is 18.2 Å². The number of hydrogen-bond acceptors (Lipinski definition) is 4. The Kier molecular flexibility index (Phi) is 5.36. The molecule has 0 bridgehead atoms. The molecule has 0 radical (unpaired) electrons. The van der Waals surface area contributed by atoms with E-state index < -0.39 is 0 Å². The molecule has 1 aliphatic rings. The van der Waals surface area contributed by atoms with E-state index in [1.54, 1.807) is 0 Å². The highest BCUT2D eigenvalue weighted by Crippen LogP contribution is 2.15. The van der Waals surface area contributed by atoms with E-state index in [0.717, 1.165) is 38.7 Å². The van der Waals surface area contributed by atoms with E-state index in [0.29, 0.717) is 12.0 Å². The van der Waals surface area contributed by atoms with Gasteiger partial charge in [-0.15, -0.1) is 0 Å². The molecular weight excluding hydrogens is 240 g/mol. The van der Waals surface area contributed by atoms with Gasteiger partial charge in [0, 0.05) is 37.9 Å². The lowest BCUT2D eigenvalue weighted by atomic mass is 10.0. The van der Waals surface area contributed by atoms with Crippen LogP contribution < -0.4 is 5.32 Å². The standard InChI is InChI=1S/C14H26N4O/c1-4-5-15-13-11-19-10-12(13)8-17(2)9-14-16-6-7-18(14)3/h6-7,12-13,15H,4-5,8-11H2,1-3H3. The molecule has 1 N–H and O–H groups in total. The van der Waals surface area contributed by atoms with Crippen molar-refractivity contribution in [2.24, 2.45) is 13.0 Å². The van der Waals surface area contributed by atoms with Crippen LogP contribution in [0.4, 0.5) is 0 Å². The third kappa shape index (κ3) is 4.03. The minimum Gasteiger partial charge on any atom is -0.379 e. The van der Waals surface area contributed by atoms with Crippen LogP contribution >= 0.6 is 0 Å². The fourth-order valence-corrected chi connectivity index (χ4v) is 2.59. The van der Waals surface area contributed by atoms with Gasteiger partial charge in [-0.3, -0.25) is 4.90 Å². The van der Waals surface area contributed by atoms with Gasteiger partial charge in [0.05, 0.1) is 19.8 Å². The predicted octanol–water partition coefficient (Wildman–Crippen LogP) is 0.867. The van der Waals surface area contributed by atoms with Crippen LogP contribution in [0, 0.1) is 5.92 Å². The van der Waals surface area contributed by atoms with E-state index in [1.165, 1.54) is 6.42 Å². The summed E-state index contributed by atoms with van der Waals surface area (Å²) >= 11 is 0. The fraction of sp³-hybridized carbons (Fsp3) is 0.786. The molecule has 0 amide bonds. The molecule has 0 aliphatic carbocycles. The first-order valence-electron chi connectivity index (χ1n) is 7.16. The zero-order valence-corrected chi connectivity index (χ0v) is 12.3. The Bertz CT molecular complexity index is 379. The number of aromatic nitrogens is 2. The quantitative estimate of drug-likeness (QED) is 0.795. The van der Waals surface area contributed by atoms with Crippen LogP contribution in [0.3, 0.4) is 0 Å². The minimum atomic E-state index is 0.503. The first kappa shape index (κ1) is 14.5. The molecule has 1 aliphatic heterocycles. The highest BCUT2D eigenvalue weighted by molar-refractivity contribution is 4.91. The second-order valence-corrected chi connectivity index (χ2v) is 5.51. The molecule has 19 heavy (non-hydrogen) atoms. The summed E-state index contributed by atoms with van der Waals surface area (Å²) in [7, 11) is 4.20. The number of hydrogen-bond donors (Lipinski definition) is 1. The zero-order chi connectivity index (χ0) is 13.7. The Morgan fingerprint density at radius 3 is 3.05 bits per heavy atom. The summed E-state index contributed by atoms with van der Waals surface area (Å²) in [5.74, 6) is 1.69. The Morgan fingerprint density at radius 1 is 1.53 bits per heavy atom. The fourth-order valence-electron chi connectivity index (χ4n) is 2.59. The van der Waals surface area contributed by atoms with Crippen LogP contribution in [-0.4, -0.2) is 53.8 Å². The van der Waals surface area contributed by atoms with Gasteiger partial charge in [0.15, 0.2) is 0 Å². The van der Waals surface area contributed by atoms with Crippen molar-refractivity contribution in [3.63, 3.8) is 0 Å². The molecule has 1 fully saturated rings. The maximum atomic E-state index is 5.62. The first-order chi connectivity index (χ1) is 9.20. The lowest BCUT2D eigenvalue weighted by molar-refractivity contribution is 0.171. The van der Waals surface area contributed by atoms with Crippen molar-refractivity contribution in [1.82, 2.24) is 19.8 Å². The average Bonchev–Trinajstić information content (AvgIpc) is 2.97. The van der Waals surface area contributed by atoms with Crippen molar-refractivity contribution in [3.8, 4) is 0 Å². The van der Waals surface area contributed by atoms with E-state index in [9.17, 15) is 0 Å². The monoisotopic (exact) mass is 266 g/mol. The van der Waals surface area contributed by atoms with E-state index in [1.807, 2.05) is 19.4 Å². The zero-order valence-electron chi connectivity index (χ0n) is 12.3. The summed E-state index contributed by atoms with van der Waals surface area (Å²) in [5, 5.41) is 3.58. The Morgan fingerprint density at radius 2 is 2.37 bits per heavy atom. The van der Waals surface area contributed by atoms with Gasteiger partial charge in [0.1, 0.15) is 5.82 Å². The normalized spacial score (nSPS) is 23.4. The Labute approximate surface area is 116 Å². The van der Waals surface area contributed by atoms with Crippen molar-refractivity contribution in [2.45, 2.75) is 25.9 Å². The molecule has 5 nitrogen and oxygen atoms in total. The summed E-state index contributed by atoms with van der Waals surface area (Å²) in [6.45, 7) is 6.93. The topological polar surface area (TPSA) is 42.3 Å². The van der Waals surface area contributed by atoms with E-state index in [4.69, 9.17) is 4.74 Å². The van der Waals surface area contributed by atoms with Gasteiger partial charge in [-0.25, -0.2) is 4.98 Å². The second kappa shape index (κ2) is 7.03. The maximum absolute atomic E-state index is 5.62. The van der Waals surface area contributed by atoms with Crippen molar-refractivity contribution in [2.75, 3.05) is 33.4 Å². The van der Waals surface area contributed by atoms with Crippen LogP contribution in [-0.2, 0) is 18.3 Å². The summed E-state index contributed by atoms with van der Waals surface area (Å²) < 4.78 is 7.69. The summed E-state index contributed by atoms with van der Waals surface area (Å²) in [6, 6.07) is 0.503. The minimum absolute atomic E-state index is 0.503. The predicted molar refractivity (Wildman–Crippen MR) is 75.9 cm³/mol. The number of imidazole rings is 1. The Hall–Kier alpha value is -0.910. The molecule has 1 saturated heterocycles. The highest BCUT2D eigenvalue weighted by Gasteiger charge is 2.28. The van der Waals surface area contributed by atoms with Crippen LogP contribution in [0.15, 0.2) is 12.4 Å². The third-order valence-electron chi connectivity index (χ3n) is 3.73. The highest BCUT2D eigenvalue weighted by atomic mass is 16.5. The van der Waals surface area contributed by atoms with Crippen LogP contribution in [0.25, 0.3) is 0 Å². The van der Waals surface area contributed by atoms with Crippen molar-refractivity contribution in [1.29, 1.82) is 0 Å². The SMILES string of the molecule is CCCNC1COCC1CN(C)Cc1nccn1C. The smallest absolute Gasteiger partial charge is 0.122 e. The van der Waals surface area contributed by atoms with Crippen LogP contribution in [0.5, 0.6) is 0 Å². The molecular formula is C14H26N4O. The molecule has 1 aromatic rings. The average molecular weight is 266 g/mol. The molecule has 2 unspecified atom stereocenters. The van der Waals surface area contributed by atoms with Gasteiger partial charge in [-0.2, -0.15) is 0 Å². The number of nitrogens with one attached hydrogen (secondary N) is 1. The number of nitrogens with zero attached hydrogens (tertiary/aromatic N) is 3. The number of ether oxygens (including phenoxy) is 1.